The predicted octanol–water partition coefficient (Wildman–Crippen LogP) is 1.77. The first-order chi connectivity index (χ1) is 11.8. The fraction of sp³-hybridized carbons (Fsp3) is 0.556. The van der Waals surface area contributed by atoms with E-state index in [1.165, 1.54) is 4.31 Å². The topological polar surface area (TPSA) is 80.8 Å². The number of piperidine rings is 1. The average molecular weight is 365 g/mol. The van der Waals surface area contributed by atoms with E-state index in [9.17, 15) is 18.0 Å². The van der Waals surface area contributed by atoms with Crippen LogP contribution in [0.3, 0.4) is 0 Å². The molecule has 1 aromatic rings. The van der Waals surface area contributed by atoms with Crippen LogP contribution in [0.2, 0.25) is 0 Å². The molecule has 0 radical (unpaired) electrons. The van der Waals surface area contributed by atoms with Crippen molar-refractivity contribution in [2.45, 2.75) is 31.6 Å². The van der Waals surface area contributed by atoms with Crippen LogP contribution < -0.4 is 0 Å². The van der Waals surface area contributed by atoms with Crippen molar-refractivity contribution in [2.75, 3.05) is 19.7 Å². The van der Waals surface area contributed by atoms with Crippen molar-refractivity contribution in [3.8, 4) is 0 Å². The first-order valence-corrected chi connectivity index (χ1v) is 10.0. The molecule has 1 aromatic carbocycles. The molecule has 2 aliphatic rings. The second kappa shape index (κ2) is 6.88. The Kier molecular flexibility index (Phi) is 4.97. The van der Waals surface area contributed by atoms with Gasteiger partial charge in [-0.3, -0.25) is 9.59 Å². The maximum Gasteiger partial charge on any atom is 0.308 e. The average Bonchev–Trinajstić information content (AvgIpc) is 2.55. The molecule has 1 aliphatic heterocycles. The number of fused-ring (bicyclic) bond motifs is 2. The van der Waals surface area contributed by atoms with Gasteiger partial charge in [-0.2, -0.15) is 4.31 Å². The Bertz CT molecular complexity index is 753. The van der Waals surface area contributed by atoms with Crippen LogP contribution in [0.4, 0.5) is 0 Å². The van der Waals surface area contributed by atoms with Crippen LogP contribution >= 0.6 is 0 Å². The normalized spacial score (nSPS) is 27.1. The van der Waals surface area contributed by atoms with Crippen molar-refractivity contribution in [2.24, 2.45) is 17.8 Å². The van der Waals surface area contributed by atoms with E-state index < -0.39 is 21.9 Å². The number of rotatable bonds is 4. The van der Waals surface area contributed by atoms with E-state index in [2.05, 4.69) is 0 Å². The summed E-state index contributed by atoms with van der Waals surface area (Å²) in [5, 5.41) is 0. The maximum atomic E-state index is 12.9. The number of aryl methyl sites for hydroxylation is 1. The second-order valence-corrected chi connectivity index (χ2v) is 8.79. The van der Waals surface area contributed by atoms with Gasteiger partial charge in [0.2, 0.25) is 10.0 Å². The minimum Gasteiger partial charge on any atom is -0.466 e. The van der Waals surface area contributed by atoms with Gasteiger partial charge in [-0.25, -0.2) is 8.42 Å². The molecule has 2 fully saturated rings. The molecule has 25 heavy (non-hydrogen) atoms. The van der Waals surface area contributed by atoms with Gasteiger partial charge in [0.05, 0.1) is 17.4 Å². The van der Waals surface area contributed by atoms with E-state index in [0.717, 1.165) is 5.56 Å². The zero-order valence-electron chi connectivity index (χ0n) is 14.5. The lowest BCUT2D eigenvalue weighted by atomic mass is 9.72. The monoisotopic (exact) mass is 365 g/mol. The molecular weight excluding hydrogens is 342 g/mol. The highest BCUT2D eigenvalue weighted by molar-refractivity contribution is 7.89. The van der Waals surface area contributed by atoms with E-state index in [1.807, 2.05) is 6.92 Å². The lowest BCUT2D eigenvalue weighted by molar-refractivity contribution is -0.153. The van der Waals surface area contributed by atoms with Crippen LogP contribution in [0.5, 0.6) is 0 Å². The number of sulfonamides is 1. The second-order valence-electron chi connectivity index (χ2n) is 6.85. The zero-order valence-corrected chi connectivity index (χ0v) is 15.3. The van der Waals surface area contributed by atoms with Crippen molar-refractivity contribution < 1.29 is 22.7 Å². The molecule has 0 spiro atoms. The summed E-state index contributed by atoms with van der Waals surface area (Å²) in [5.41, 5.74) is 0.988. The highest BCUT2D eigenvalue weighted by Crippen LogP contribution is 2.37. The summed E-state index contributed by atoms with van der Waals surface area (Å²) in [5.74, 6) is -1.36. The van der Waals surface area contributed by atoms with Gasteiger partial charge in [-0.1, -0.05) is 17.7 Å². The molecule has 1 saturated heterocycles. The zero-order chi connectivity index (χ0) is 18.2. The van der Waals surface area contributed by atoms with Crippen molar-refractivity contribution in [3.63, 3.8) is 0 Å². The number of ketones is 1. The number of esters is 1. The first-order valence-electron chi connectivity index (χ1n) is 8.60. The molecule has 1 heterocycles. The highest BCUT2D eigenvalue weighted by atomic mass is 32.2. The molecule has 0 N–H and O–H groups in total. The van der Waals surface area contributed by atoms with Crippen LogP contribution in [0.25, 0.3) is 0 Å². The fourth-order valence-corrected chi connectivity index (χ4v) is 5.28. The molecule has 0 aromatic heterocycles. The molecule has 1 unspecified atom stereocenters. The summed E-state index contributed by atoms with van der Waals surface area (Å²) in [7, 11) is -3.63. The third kappa shape index (κ3) is 3.48. The number of Topliss-reactive ketones (excluding diaryl/α,β-unsaturated/α-hetero) is 1. The van der Waals surface area contributed by atoms with Crippen LogP contribution in [0.1, 0.15) is 25.3 Å². The summed E-state index contributed by atoms with van der Waals surface area (Å²) < 4.78 is 32.2. The van der Waals surface area contributed by atoms with Crippen molar-refractivity contribution in [3.05, 3.63) is 29.8 Å². The van der Waals surface area contributed by atoms with Crippen molar-refractivity contribution in [1.82, 2.24) is 4.31 Å². The summed E-state index contributed by atoms with van der Waals surface area (Å²) in [6, 6.07) is 6.72. The van der Waals surface area contributed by atoms with Gasteiger partial charge in [0, 0.05) is 24.9 Å². The lowest BCUT2D eigenvalue weighted by Gasteiger charge is -2.41. The van der Waals surface area contributed by atoms with E-state index >= 15 is 0 Å². The van der Waals surface area contributed by atoms with Crippen LogP contribution in [-0.2, 0) is 24.3 Å². The molecule has 3 atom stereocenters. The van der Waals surface area contributed by atoms with Crippen molar-refractivity contribution >= 4 is 21.8 Å². The minimum atomic E-state index is -3.63. The lowest BCUT2D eigenvalue weighted by Crippen LogP contribution is -2.53. The molecule has 1 aliphatic carbocycles. The SMILES string of the molecule is CCOC(=O)C1C[C@@H]2CN(S(=O)(=O)c3ccc(C)cc3)C[C@H](C1)C2=O. The van der Waals surface area contributed by atoms with E-state index in [0.29, 0.717) is 19.4 Å². The molecule has 6 nitrogen and oxygen atoms in total. The fourth-order valence-electron chi connectivity index (χ4n) is 3.75. The molecule has 136 valence electrons. The molecule has 0 amide bonds. The highest BCUT2D eigenvalue weighted by Gasteiger charge is 2.47. The van der Waals surface area contributed by atoms with E-state index in [4.69, 9.17) is 4.74 Å². The maximum absolute atomic E-state index is 12.9. The Labute approximate surface area is 148 Å². The van der Waals surface area contributed by atoms with Crippen LogP contribution in [0.15, 0.2) is 29.2 Å². The standard InChI is InChI=1S/C18H23NO5S/c1-3-24-18(21)13-8-14-10-19(11-15(9-13)17(14)20)25(22,23)16-6-4-12(2)5-7-16/h4-7,13-15H,3,8-11H2,1-2H3/t13?,14-,15+. The van der Waals surface area contributed by atoms with Crippen LogP contribution in [0, 0.1) is 24.7 Å². The van der Waals surface area contributed by atoms with Gasteiger partial charge < -0.3 is 4.74 Å². The third-order valence-electron chi connectivity index (χ3n) is 5.07. The first kappa shape index (κ1) is 18.1. The summed E-state index contributed by atoms with van der Waals surface area (Å²) >= 11 is 0. The largest absolute Gasteiger partial charge is 0.466 e. The Morgan fingerprint density at radius 1 is 1.16 bits per heavy atom. The molecule has 2 bridgehead atoms. The Hall–Kier alpha value is -1.73. The van der Waals surface area contributed by atoms with Gasteiger partial charge in [-0.15, -0.1) is 0 Å². The molecular formula is C18H23NO5S. The van der Waals surface area contributed by atoms with Gasteiger partial charge >= 0.3 is 5.97 Å². The minimum absolute atomic E-state index is 0.0795. The number of ether oxygens (including phenoxy) is 1. The Balaban J connectivity index is 1.79. The summed E-state index contributed by atoms with van der Waals surface area (Å²) in [4.78, 5) is 24.7. The molecule has 1 saturated carbocycles. The third-order valence-corrected chi connectivity index (χ3v) is 6.92. The number of nitrogens with zero attached hydrogens (tertiary/aromatic N) is 1. The number of carbonyl (C=O) groups excluding carboxylic acids is 2. The van der Waals surface area contributed by atoms with Gasteiger partial charge in [-0.05, 0) is 38.8 Å². The van der Waals surface area contributed by atoms with E-state index in [-0.39, 0.29) is 35.7 Å². The smallest absolute Gasteiger partial charge is 0.308 e. The number of hydrogen-bond donors (Lipinski definition) is 0. The van der Waals surface area contributed by atoms with Crippen molar-refractivity contribution in [1.29, 1.82) is 0 Å². The summed E-state index contributed by atoms with van der Waals surface area (Å²) in [6.45, 7) is 4.24. The number of hydrogen-bond acceptors (Lipinski definition) is 5. The van der Waals surface area contributed by atoms with E-state index in [1.54, 1.807) is 31.2 Å². The van der Waals surface area contributed by atoms with Gasteiger partial charge in [0.15, 0.2) is 0 Å². The van der Waals surface area contributed by atoms with Gasteiger partial charge in [0.1, 0.15) is 5.78 Å². The quantitative estimate of drug-likeness (QED) is 0.760. The van der Waals surface area contributed by atoms with Crippen LogP contribution in [-0.4, -0.2) is 44.2 Å². The molecule has 3 rings (SSSR count). The number of benzene rings is 1. The Morgan fingerprint density at radius 2 is 1.72 bits per heavy atom. The Morgan fingerprint density at radius 3 is 2.24 bits per heavy atom. The predicted molar refractivity (Wildman–Crippen MR) is 91.3 cm³/mol. The molecule has 7 heteroatoms. The van der Waals surface area contributed by atoms with Gasteiger partial charge in [0.25, 0.3) is 0 Å². The summed E-state index contributed by atoms with van der Waals surface area (Å²) in [6.07, 6.45) is 0.738. The number of carbonyl (C=O) groups is 2.